The minimum Gasteiger partial charge on any atom is -0.374 e. The Morgan fingerprint density at radius 1 is 1.30 bits per heavy atom. The standard InChI is InChI=1S/C14H22N4OS/c1-17(9-13-15-16-14(20-13)10-2-3-10)11-4-5-18-6-7-19-12(11)8-18/h10-12H,2-9H2,1H3. The third-order valence-corrected chi connectivity index (χ3v) is 5.78. The molecule has 0 N–H and O–H groups in total. The van der Waals surface area contributed by atoms with Crippen LogP contribution in [0.1, 0.15) is 35.2 Å². The van der Waals surface area contributed by atoms with Crippen LogP contribution in [0, 0.1) is 0 Å². The molecule has 6 heteroatoms. The summed E-state index contributed by atoms with van der Waals surface area (Å²) in [5, 5.41) is 11.1. The Kier molecular flexibility index (Phi) is 3.50. The van der Waals surface area contributed by atoms with E-state index in [1.54, 1.807) is 11.3 Å². The monoisotopic (exact) mass is 294 g/mol. The predicted molar refractivity (Wildman–Crippen MR) is 77.9 cm³/mol. The van der Waals surface area contributed by atoms with Gasteiger partial charge in [0.2, 0.25) is 0 Å². The lowest BCUT2D eigenvalue weighted by Crippen LogP contribution is -2.57. The van der Waals surface area contributed by atoms with Gasteiger partial charge in [-0.2, -0.15) is 0 Å². The number of rotatable bonds is 4. The third-order valence-electron chi connectivity index (χ3n) is 4.71. The molecule has 0 spiro atoms. The fraction of sp³-hybridized carbons (Fsp3) is 0.857. The van der Waals surface area contributed by atoms with Crippen LogP contribution in [0.5, 0.6) is 0 Å². The number of aromatic nitrogens is 2. The highest BCUT2D eigenvalue weighted by Crippen LogP contribution is 2.41. The van der Waals surface area contributed by atoms with Crippen molar-refractivity contribution in [1.82, 2.24) is 20.0 Å². The van der Waals surface area contributed by atoms with Gasteiger partial charge in [0, 0.05) is 25.0 Å². The van der Waals surface area contributed by atoms with Crippen LogP contribution < -0.4 is 0 Å². The molecule has 1 aliphatic carbocycles. The Labute approximate surface area is 123 Å². The highest BCUT2D eigenvalue weighted by atomic mass is 32.1. The third kappa shape index (κ3) is 2.62. The maximum absolute atomic E-state index is 5.96. The number of hydrogen-bond acceptors (Lipinski definition) is 6. The molecule has 1 aromatic rings. The van der Waals surface area contributed by atoms with Crippen molar-refractivity contribution in [2.24, 2.45) is 0 Å². The molecule has 0 aromatic carbocycles. The molecule has 5 nitrogen and oxygen atoms in total. The molecule has 3 unspecified atom stereocenters. The number of piperidine rings is 1. The average Bonchev–Trinajstić information content (AvgIpc) is 3.20. The lowest BCUT2D eigenvalue weighted by molar-refractivity contribution is -0.0971. The van der Waals surface area contributed by atoms with E-state index in [0.717, 1.165) is 37.2 Å². The Bertz CT molecular complexity index is 475. The van der Waals surface area contributed by atoms with Crippen molar-refractivity contribution >= 4 is 11.3 Å². The highest BCUT2D eigenvalue weighted by Gasteiger charge is 2.35. The summed E-state index contributed by atoms with van der Waals surface area (Å²) in [7, 11) is 2.20. The molecule has 110 valence electrons. The number of likely N-dealkylation sites (N-methyl/N-ethyl adjacent to an activating group) is 1. The summed E-state index contributed by atoms with van der Waals surface area (Å²) < 4.78 is 5.96. The fourth-order valence-corrected chi connectivity index (χ4v) is 4.40. The number of fused-ring (bicyclic) bond motifs is 2. The van der Waals surface area contributed by atoms with Crippen LogP contribution in [0.15, 0.2) is 0 Å². The molecule has 1 saturated carbocycles. The minimum absolute atomic E-state index is 0.373. The molecule has 20 heavy (non-hydrogen) atoms. The lowest BCUT2D eigenvalue weighted by Gasteiger charge is -2.45. The van der Waals surface area contributed by atoms with Crippen molar-refractivity contribution in [2.45, 2.75) is 43.9 Å². The quantitative estimate of drug-likeness (QED) is 0.838. The van der Waals surface area contributed by atoms with E-state index in [-0.39, 0.29) is 0 Å². The Morgan fingerprint density at radius 3 is 3.05 bits per heavy atom. The summed E-state index contributed by atoms with van der Waals surface area (Å²) >= 11 is 1.80. The van der Waals surface area contributed by atoms with E-state index in [9.17, 15) is 0 Å². The molecule has 2 saturated heterocycles. The first-order valence-electron chi connectivity index (χ1n) is 7.66. The summed E-state index contributed by atoms with van der Waals surface area (Å²) in [4.78, 5) is 4.94. The van der Waals surface area contributed by atoms with E-state index < -0.39 is 0 Å². The smallest absolute Gasteiger partial charge is 0.131 e. The highest BCUT2D eigenvalue weighted by molar-refractivity contribution is 7.11. The fourth-order valence-electron chi connectivity index (χ4n) is 3.33. The summed E-state index contributed by atoms with van der Waals surface area (Å²) in [5.41, 5.74) is 0. The second-order valence-electron chi connectivity index (χ2n) is 6.29. The molecule has 0 radical (unpaired) electrons. The zero-order valence-corrected chi connectivity index (χ0v) is 12.8. The van der Waals surface area contributed by atoms with Crippen molar-refractivity contribution in [3.8, 4) is 0 Å². The first-order chi connectivity index (χ1) is 9.79. The average molecular weight is 294 g/mol. The van der Waals surface area contributed by atoms with E-state index in [1.165, 1.54) is 30.8 Å². The number of morpholine rings is 1. The molecule has 2 aliphatic heterocycles. The van der Waals surface area contributed by atoms with Crippen LogP contribution in [-0.2, 0) is 11.3 Å². The van der Waals surface area contributed by atoms with Crippen molar-refractivity contribution in [3.63, 3.8) is 0 Å². The van der Waals surface area contributed by atoms with E-state index in [0.29, 0.717) is 12.1 Å². The molecule has 2 bridgehead atoms. The van der Waals surface area contributed by atoms with Crippen LogP contribution in [0.4, 0.5) is 0 Å². The summed E-state index contributed by atoms with van der Waals surface area (Å²) in [6.45, 7) is 5.21. The molecule has 3 aliphatic rings. The Balaban J connectivity index is 1.39. The first kappa shape index (κ1) is 13.1. The van der Waals surface area contributed by atoms with Crippen LogP contribution in [0.2, 0.25) is 0 Å². The second-order valence-corrected chi connectivity index (χ2v) is 7.38. The summed E-state index contributed by atoms with van der Waals surface area (Å²) in [6, 6.07) is 0.528. The van der Waals surface area contributed by atoms with E-state index in [2.05, 4.69) is 27.0 Å². The van der Waals surface area contributed by atoms with Gasteiger partial charge < -0.3 is 4.74 Å². The van der Waals surface area contributed by atoms with Crippen LogP contribution in [0.25, 0.3) is 0 Å². The van der Waals surface area contributed by atoms with E-state index >= 15 is 0 Å². The molecule has 3 heterocycles. The second kappa shape index (κ2) is 5.33. The molecule has 3 atom stereocenters. The number of nitrogens with zero attached hydrogens (tertiary/aromatic N) is 4. The van der Waals surface area contributed by atoms with Gasteiger partial charge in [-0.05, 0) is 32.9 Å². The number of ether oxygens (including phenoxy) is 1. The van der Waals surface area contributed by atoms with Gasteiger partial charge in [0.05, 0.1) is 19.3 Å². The van der Waals surface area contributed by atoms with Crippen molar-refractivity contribution in [2.75, 3.05) is 33.3 Å². The normalized spacial score (nSPS) is 33.6. The SMILES string of the molecule is CN(Cc1nnc(C2CC2)s1)C1CCN2CCOC1C2. The van der Waals surface area contributed by atoms with Gasteiger partial charge in [-0.15, -0.1) is 10.2 Å². The topological polar surface area (TPSA) is 41.5 Å². The van der Waals surface area contributed by atoms with E-state index in [4.69, 9.17) is 4.74 Å². The Morgan fingerprint density at radius 2 is 2.20 bits per heavy atom. The predicted octanol–water partition coefficient (Wildman–Crippen LogP) is 1.32. The van der Waals surface area contributed by atoms with Crippen molar-refractivity contribution in [1.29, 1.82) is 0 Å². The molecular weight excluding hydrogens is 272 g/mol. The lowest BCUT2D eigenvalue weighted by atomic mass is 9.99. The van der Waals surface area contributed by atoms with Gasteiger partial charge in [0.15, 0.2) is 0 Å². The van der Waals surface area contributed by atoms with Gasteiger partial charge in [-0.3, -0.25) is 9.80 Å². The maximum atomic E-state index is 5.96. The van der Waals surface area contributed by atoms with Gasteiger partial charge in [0.1, 0.15) is 10.0 Å². The van der Waals surface area contributed by atoms with Gasteiger partial charge in [-0.25, -0.2) is 0 Å². The number of hydrogen-bond donors (Lipinski definition) is 0. The molecule has 1 aromatic heterocycles. The molecule has 4 rings (SSSR count). The van der Waals surface area contributed by atoms with Gasteiger partial charge in [-0.1, -0.05) is 11.3 Å². The van der Waals surface area contributed by atoms with Crippen molar-refractivity contribution in [3.05, 3.63) is 10.0 Å². The maximum Gasteiger partial charge on any atom is 0.131 e. The first-order valence-corrected chi connectivity index (χ1v) is 8.48. The molecule has 3 fully saturated rings. The van der Waals surface area contributed by atoms with E-state index in [1.807, 2.05) is 0 Å². The molecule has 0 amide bonds. The van der Waals surface area contributed by atoms with Gasteiger partial charge in [0.25, 0.3) is 0 Å². The largest absolute Gasteiger partial charge is 0.374 e. The minimum atomic E-state index is 0.373. The molecular formula is C14H22N4OS. The van der Waals surface area contributed by atoms with Crippen LogP contribution in [0.3, 0.4) is 0 Å². The van der Waals surface area contributed by atoms with Crippen LogP contribution >= 0.6 is 11.3 Å². The van der Waals surface area contributed by atoms with Crippen LogP contribution in [-0.4, -0.2) is 65.4 Å². The summed E-state index contributed by atoms with van der Waals surface area (Å²) in [5.74, 6) is 0.719. The summed E-state index contributed by atoms with van der Waals surface area (Å²) in [6.07, 6.45) is 4.19. The van der Waals surface area contributed by atoms with Crippen molar-refractivity contribution < 1.29 is 4.74 Å². The zero-order chi connectivity index (χ0) is 13.5. The zero-order valence-electron chi connectivity index (χ0n) is 12.0. The Hall–Kier alpha value is -0.560. The van der Waals surface area contributed by atoms with Gasteiger partial charge >= 0.3 is 0 Å².